The molecule has 82 valence electrons. The first-order valence-electron chi connectivity index (χ1n) is 4.68. The van der Waals surface area contributed by atoms with Gasteiger partial charge in [-0.2, -0.15) is 0 Å². The molecule has 0 atom stereocenters. The summed E-state index contributed by atoms with van der Waals surface area (Å²) in [4.78, 5) is 22.8. The first-order valence-corrected chi connectivity index (χ1v) is 5.56. The van der Waals surface area contributed by atoms with Crippen LogP contribution in [0.15, 0.2) is 11.4 Å². The summed E-state index contributed by atoms with van der Waals surface area (Å²) >= 11 is 1.42. The van der Waals surface area contributed by atoms with Crippen molar-refractivity contribution in [1.29, 1.82) is 0 Å². The second kappa shape index (κ2) is 5.50. The molecule has 2 amide bonds. The second-order valence-electron chi connectivity index (χ2n) is 3.17. The van der Waals surface area contributed by atoms with Gasteiger partial charge in [-0.05, 0) is 23.9 Å². The van der Waals surface area contributed by atoms with E-state index in [0.717, 1.165) is 10.4 Å². The number of carbonyl (C=O) groups is 2. The average molecular weight is 226 g/mol. The zero-order chi connectivity index (χ0) is 11.3. The van der Waals surface area contributed by atoms with Crippen LogP contribution in [-0.4, -0.2) is 24.9 Å². The topological polar surface area (TPSA) is 58.2 Å². The molecule has 0 aliphatic rings. The molecular formula is C10H14N2O2S. The van der Waals surface area contributed by atoms with Gasteiger partial charge in [0.2, 0.25) is 5.91 Å². The van der Waals surface area contributed by atoms with E-state index in [4.69, 9.17) is 0 Å². The van der Waals surface area contributed by atoms with Crippen molar-refractivity contribution < 1.29 is 9.59 Å². The lowest BCUT2D eigenvalue weighted by Gasteiger charge is -2.04. The van der Waals surface area contributed by atoms with Gasteiger partial charge in [0.05, 0.1) is 4.88 Å². The highest BCUT2D eigenvalue weighted by atomic mass is 32.1. The van der Waals surface area contributed by atoms with E-state index in [1.807, 2.05) is 18.4 Å². The van der Waals surface area contributed by atoms with Gasteiger partial charge in [0.15, 0.2) is 0 Å². The van der Waals surface area contributed by atoms with Crippen LogP contribution in [0.5, 0.6) is 0 Å². The van der Waals surface area contributed by atoms with Crippen molar-refractivity contribution in [3.8, 4) is 0 Å². The average Bonchev–Trinajstić information content (AvgIpc) is 2.58. The van der Waals surface area contributed by atoms with E-state index in [1.165, 1.54) is 18.3 Å². The van der Waals surface area contributed by atoms with Crippen LogP contribution in [-0.2, 0) is 4.79 Å². The molecule has 1 aromatic rings. The van der Waals surface area contributed by atoms with Crippen molar-refractivity contribution >= 4 is 23.2 Å². The minimum Gasteiger partial charge on any atom is -0.355 e. The van der Waals surface area contributed by atoms with Crippen molar-refractivity contribution in [2.24, 2.45) is 0 Å². The van der Waals surface area contributed by atoms with Gasteiger partial charge in [-0.1, -0.05) is 0 Å². The maximum Gasteiger partial charge on any atom is 0.261 e. The highest BCUT2D eigenvalue weighted by Crippen LogP contribution is 2.14. The Kier molecular flexibility index (Phi) is 4.30. The van der Waals surface area contributed by atoms with Gasteiger partial charge >= 0.3 is 0 Å². The van der Waals surface area contributed by atoms with Crippen molar-refractivity contribution in [3.05, 3.63) is 21.9 Å². The number of hydrogen-bond donors (Lipinski definition) is 2. The number of aryl methyl sites for hydroxylation is 1. The summed E-state index contributed by atoms with van der Waals surface area (Å²) < 4.78 is 0. The van der Waals surface area contributed by atoms with Crippen LogP contribution in [0.1, 0.15) is 22.2 Å². The van der Waals surface area contributed by atoms with Crippen LogP contribution >= 0.6 is 11.3 Å². The molecule has 0 spiro atoms. The lowest BCUT2D eigenvalue weighted by Crippen LogP contribution is -2.33. The standard InChI is InChI=1S/C10H14N2O2S/c1-7-3-6-15-9(7)10(14)12-5-4-11-8(2)13/h3,6H,4-5H2,1-2H3,(H,11,13)(H,12,14). The lowest BCUT2D eigenvalue weighted by atomic mass is 10.3. The van der Waals surface area contributed by atoms with E-state index in [2.05, 4.69) is 10.6 Å². The van der Waals surface area contributed by atoms with Gasteiger partial charge in [-0.3, -0.25) is 9.59 Å². The van der Waals surface area contributed by atoms with E-state index in [0.29, 0.717) is 13.1 Å². The molecule has 0 unspecified atom stereocenters. The van der Waals surface area contributed by atoms with Gasteiger partial charge in [-0.15, -0.1) is 11.3 Å². The summed E-state index contributed by atoms with van der Waals surface area (Å²) in [5.41, 5.74) is 0.983. The van der Waals surface area contributed by atoms with E-state index >= 15 is 0 Å². The van der Waals surface area contributed by atoms with Gasteiger partial charge in [0.1, 0.15) is 0 Å². The fourth-order valence-corrected chi connectivity index (χ4v) is 1.94. The molecule has 5 heteroatoms. The molecule has 1 rings (SSSR count). The highest BCUT2D eigenvalue weighted by Gasteiger charge is 2.08. The molecule has 0 aromatic carbocycles. The Labute approximate surface area is 92.7 Å². The summed E-state index contributed by atoms with van der Waals surface area (Å²) in [6.45, 7) is 4.27. The molecule has 0 radical (unpaired) electrons. The Morgan fingerprint density at radius 1 is 1.33 bits per heavy atom. The number of nitrogens with one attached hydrogen (secondary N) is 2. The monoisotopic (exact) mass is 226 g/mol. The number of thiophene rings is 1. The molecule has 0 saturated carbocycles. The minimum absolute atomic E-state index is 0.0761. The van der Waals surface area contributed by atoms with Gasteiger partial charge < -0.3 is 10.6 Å². The van der Waals surface area contributed by atoms with Crippen LogP contribution < -0.4 is 10.6 Å². The fraction of sp³-hybridized carbons (Fsp3) is 0.400. The molecule has 0 saturated heterocycles. The third-order valence-electron chi connectivity index (χ3n) is 1.85. The summed E-state index contributed by atoms with van der Waals surface area (Å²) in [5, 5.41) is 7.24. The summed E-state index contributed by atoms with van der Waals surface area (Å²) in [5.74, 6) is -0.163. The van der Waals surface area contributed by atoms with Crippen LogP contribution in [0, 0.1) is 6.92 Å². The van der Waals surface area contributed by atoms with Crippen LogP contribution in [0.4, 0.5) is 0 Å². The minimum atomic E-state index is -0.0865. The zero-order valence-corrected chi connectivity index (χ0v) is 9.61. The first kappa shape index (κ1) is 11.7. The highest BCUT2D eigenvalue weighted by molar-refractivity contribution is 7.12. The Balaban J connectivity index is 2.31. The van der Waals surface area contributed by atoms with Crippen molar-refractivity contribution in [1.82, 2.24) is 10.6 Å². The van der Waals surface area contributed by atoms with E-state index in [1.54, 1.807) is 0 Å². The Morgan fingerprint density at radius 2 is 2.00 bits per heavy atom. The number of carbonyl (C=O) groups excluding carboxylic acids is 2. The van der Waals surface area contributed by atoms with Crippen molar-refractivity contribution in [2.45, 2.75) is 13.8 Å². The first-order chi connectivity index (χ1) is 7.11. The summed E-state index contributed by atoms with van der Waals surface area (Å²) in [6.07, 6.45) is 0. The maximum atomic E-state index is 11.6. The van der Waals surface area contributed by atoms with Crippen molar-refractivity contribution in [3.63, 3.8) is 0 Å². The largest absolute Gasteiger partial charge is 0.355 e. The Bertz CT molecular complexity index is 360. The van der Waals surface area contributed by atoms with Gasteiger partial charge in [-0.25, -0.2) is 0 Å². The number of hydrogen-bond acceptors (Lipinski definition) is 3. The normalized spacial score (nSPS) is 9.73. The van der Waals surface area contributed by atoms with Gasteiger partial charge in [0, 0.05) is 20.0 Å². The van der Waals surface area contributed by atoms with Crippen LogP contribution in [0.25, 0.3) is 0 Å². The SMILES string of the molecule is CC(=O)NCCNC(=O)c1sccc1C. The maximum absolute atomic E-state index is 11.6. The molecule has 0 bridgehead atoms. The third-order valence-corrected chi connectivity index (χ3v) is 2.87. The van der Waals surface area contributed by atoms with Crippen LogP contribution in [0.3, 0.4) is 0 Å². The quantitative estimate of drug-likeness (QED) is 0.750. The Hall–Kier alpha value is -1.36. The second-order valence-corrected chi connectivity index (χ2v) is 4.09. The third kappa shape index (κ3) is 3.71. The molecular weight excluding hydrogens is 212 g/mol. The predicted octanol–water partition coefficient (Wildman–Crippen LogP) is 0.922. The van der Waals surface area contributed by atoms with E-state index < -0.39 is 0 Å². The molecule has 0 fully saturated rings. The van der Waals surface area contributed by atoms with E-state index in [-0.39, 0.29) is 11.8 Å². The van der Waals surface area contributed by atoms with Crippen LogP contribution in [0.2, 0.25) is 0 Å². The lowest BCUT2D eigenvalue weighted by molar-refractivity contribution is -0.118. The summed E-state index contributed by atoms with van der Waals surface area (Å²) in [7, 11) is 0. The fourth-order valence-electron chi connectivity index (χ4n) is 1.10. The molecule has 1 heterocycles. The predicted molar refractivity (Wildman–Crippen MR) is 60.1 cm³/mol. The molecule has 0 aliphatic carbocycles. The molecule has 0 aliphatic heterocycles. The summed E-state index contributed by atoms with van der Waals surface area (Å²) in [6, 6.07) is 1.91. The van der Waals surface area contributed by atoms with Gasteiger partial charge in [0.25, 0.3) is 5.91 Å². The van der Waals surface area contributed by atoms with Crippen molar-refractivity contribution in [2.75, 3.05) is 13.1 Å². The molecule has 2 N–H and O–H groups in total. The molecule has 4 nitrogen and oxygen atoms in total. The molecule has 15 heavy (non-hydrogen) atoms. The Morgan fingerprint density at radius 3 is 2.53 bits per heavy atom. The molecule has 1 aromatic heterocycles. The number of amides is 2. The smallest absolute Gasteiger partial charge is 0.261 e. The zero-order valence-electron chi connectivity index (χ0n) is 8.79. The number of rotatable bonds is 4. The van der Waals surface area contributed by atoms with E-state index in [9.17, 15) is 9.59 Å².